The van der Waals surface area contributed by atoms with Gasteiger partial charge in [0.25, 0.3) is 0 Å². The second-order valence-corrected chi connectivity index (χ2v) is 2.91. The fraction of sp³-hybridized carbons (Fsp3) is 0.625. The first-order valence-electron chi connectivity index (χ1n) is 3.54. The highest BCUT2D eigenvalue weighted by molar-refractivity contribution is 5.66. The van der Waals surface area contributed by atoms with Gasteiger partial charge in [-0.2, -0.15) is 5.10 Å². The van der Waals surface area contributed by atoms with Crippen LogP contribution in [0.5, 0.6) is 0 Å². The summed E-state index contributed by atoms with van der Waals surface area (Å²) in [6.07, 6.45) is 7.01. The molecule has 0 aliphatic rings. The molecule has 0 bridgehead atoms. The second-order valence-electron chi connectivity index (χ2n) is 2.91. The normalized spacial score (nSPS) is 13.5. The lowest BCUT2D eigenvalue weighted by atomic mass is 9.95. The Balaban J connectivity index is 3.98. The highest BCUT2D eigenvalue weighted by Crippen LogP contribution is 2.13. The van der Waals surface area contributed by atoms with Gasteiger partial charge in [0.2, 0.25) is 0 Å². The summed E-state index contributed by atoms with van der Waals surface area (Å²) in [4.78, 5) is 0. The van der Waals surface area contributed by atoms with E-state index in [-0.39, 0.29) is 5.41 Å². The number of hydrogen-bond donors (Lipinski definition) is 1. The lowest BCUT2D eigenvalue weighted by Gasteiger charge is -2.11. The molecule has 0 rings (SSSR count). The van der Waals surface area contributed by atoms with Gasteiger partial charge in [0, 0.05) is 11.6 Å². The smallest absolute Gasteiger partial charge is 0.0334 e. The third-order valence-corrected chi connectivity index (χ3v) is 1.19. The minimum absolute atomic E-state index is 0.00472. The predicted octanol–water partition coefficient (Wildman–Crippen LogP) is 1.92. The van der Waals surface area contributed by atoms with E-state index in [9.17, 15) is 0 Å². The van der Waals surface area contributed by atoms with Crippen LogP contribution in [0.3, 0.4) is 0 Å². The lowest BCUT2D eigenvalue weighted by molar-refractivity contribution is 0.687. The number of rotatable bonds is 3. The van der Waals surface area contributed by atoms with Crippen molar-refractivity contribution in [1.29, 1.82) is 0 Å². The minimum atomic E-state index is 0.00472. The van der Waals surface area contributed by atoms with Crippen LogP contribution in [0.1, 0.15) is 27.2 Å². The quantitative estimate of drug-likeness (QED) is 0.276. The summed E-state index contributed by atoms with van der Waals surface area (Å²) in [5, 5.41) is 3.48. The SMILES string of the molecule is CC/C=C\C(C)(C)/C=N\N. The van der Waals surface area contributed by atoms with Crippen LogP contribution < -0.4 is 5.84 Å². The maximum atomic E-state index is 5.02. The van der Waals surface area contributed by atoms with Crippen molar-refractivity contribution in [1.82, 2.24) is 0 Å². The van der Waals surface area contributed by atoms with E-state index in [0.29, 0.717) is 0 Å². The number of nitrogens with zero attached hydrogens (tertiary/aromatic N) is 1. The van der Waals surface area contributed by atoms with E-state index in [0.717, 1.165) is 6.42 Å². The van der Waals surface area contributed by atoms with Gasteiger partial charge in [0.05, 0.1) is 0 Å². The Morgan fingerprint density at radius 3 is 2.50 bits per heavy atom. The van der Waals surface area contributed by atoms with Gasteiger partial charge in [-0.15, -0.1) is 0 Å². The van der Waals surface area contributed by atoms with E-state index in [2.05, 4.69) is 38.0 Å². The van der Waals surface area contributed by atoms with Crippen LogP contribution in [-0.2, 0) is 0 Å². The number of hydrazone groups is 1. The van der Waals surface area contributed by atoms with Gasteiger partial charge in [-0.1, -0.05) is 32.9 Å². The first-order valence-corrected chi connectivity index (χ1v) is 3.54. The van der Waals surface area contributed by atoms with E-state index in [1.54, 1.807) is 6.21 Å². The molecule has 0 radical (unpaired) electrons. The highest BCUT2D eigenvalue weighted by Gasteiger charge is 2.08. The molecule has 2 nitrogen and oxygen atoms in total. The number of hydrogen-bond acceptors (Lipinski definition) is 2. The van der Waals surface area contributed by atoms with Crippen LogP contribution >= 0.6 is 0 Å². The molecule has 0 aromatic heterocycles. The largest absolute Gasteiger partial charge is 0.324 e. The van der Waals surface area contributed by atoms with Crippen molar-refractivity contribution in [2.24, 2.45) is 16.4 Å². The van der Waals surface area contributed by atoms with Crippen LogP contribution in [0.2, 0.25) is 0 Å². The molecule has 0 aliphatic heterocycles. The first kappa shape index (κ1) is 9.21. The third kappa shape index (κ3) is 4.13. The molecular formula is C8H16N2. The summed E-state index contributed by atoms with van der Waals surface area (Å²) in [6.45, 7) is 6.23. The minimum Gasteiger partial charge on any atom is -0.324 e. The fourth-order valence-corrected chi connectivity index (χ4v) is 0.657. The summed E-state index contributed by atoms with van der Waals surface area (Å²) in [6, 6.07) is 0. The molecule has 0 aliphatic carbocycles. The molecule has 0 saturated carbocycles. The van der Waals surface area contributed by atoms with E-state index in [1.165, 1.54) is 0 Å². The van der Waals surface area contributed by atoms with Crippen molar-refractivity contribution in [3.8, 4) is 0 Å². The van der Waals surface area contributed by atoms with E-state index >= 15 is 0 Å². The lowest BCUT2D eigenvalue weighted by Crippen LogP contribution is -2.09. The summed E-state index contributed by atoms with van der Waals surface area (Å²) in [7, 11) is 0. The van der Waals surface area contributed by atoms with Gasteiger partial charge >= 0.3 is 0 Å². The van der Waals surface area contributed by atoms with Crippen LogP contribution in [0.15, 0.2) is 17.3 Å². The van der Waals surface area contributed by atoms with Gasteiger partial charge in [0.15, 0.2) is 0 Å². The summed E-state index contributed by atoms with van der Waals surface area (Å²) in [5.41, 5.74) is 0.00472. The summed E-state index contributed by atoms with van der Waals surface area (Å²) >= 11 is 0. The number of allylic oxidation sites excluding steroid dienone is 2. The average Bonchev–Trinajstić information content (AvgIpc) is 1.84. The Hall–Kier alpha value is -0.790. The van der Waals surface area contributed by atoms with Gasteiger partial charge < -0.3 is 5.84 Å². The molecule has 10 heavy (non-hydrogen) atoms. The summed E-state index contributed by atoms with van der Waals surface area (Å²) < 4.78 is 0. The molecule has 2 N–H and O–H groups in total. The Morgan fingerprint density at radius 1 is 1.50 bits per heavy atom. The van der Waals surface area contributed by atoms with Crippen LogP contribution in [0.4, 0.5) is 0 Å². The van der Waals surface area contributed by atoms with Gasteiger partial charge in [-0.25, -0.2) is 0 Å². The standard InChI is InChI=1S/C8H16N2/c1-4-5-6-8(2,3)7-10-9/h5-7H,4,9H2,1-3H3/b6-5-,10-7-. The van der Waals surface area contributed by atoms with Gasteiger partial charge in [-0.3, -0.25) is 0 Å². The molecule has 0 saturated heterocycles. The zero-order chi connectivity index (χ0) is 8.04. The molecule has 0 unspecified atom stereocenters. The van der Waals surface area contributed by atoms with Crippen molar-refractivity contribution in [3.05, 3.63) is 12.2 Å². The Kier molecular flexibility index (Phi) is 3.77. The molecule has 2 heteroatoms. The van der Waals surface area contributed by atoms with Crippen molar-refractivity contribution < 1.29 is 0 Å². The number of nitrogens with two attached hydrogens (primary N) is 1. The zero-order valence-corrected chi connectivity index (χ0v) is 6.96. The average molecular weight is 140 g/mol. The first-order chi connectivity index (χ1) is 4.62. The van der Waals surface area contributed by atoms with E-state index in [4.69, 9.17) is 5.84 Å². The van der Waals surface area contributed by atoms with Crippen molar-refractivity contribution in [2.45, 2.75) is 27.2 Å². The molecular weight excluding hydrogens is 124 g/mol. The maximum absolute atomic E-state index is 5.02. The molecule has 0 fully saturated rings. The van der Waals surface area contributed by atoms with E-state index < -0.39 is 0 Å². The second kappa shape index (κ2) is 4.09. The molecule has 58 valence electrons. The topological polar surface area (TPSA) is 38.4 Å². The monoisotopic (exact) mass is 140 g/mol. The molecule has 0 heterocycles. The fourth-order valence-electron chi connectivity index (χ4n) is 0.657. The van der Waals surface area contributed by atoms with Crippen molar-refractivity contribution >= 4 is 6.21 Å². The molecule has 0 aromatic rings. The Morgan fingerprint density at radius 2 is 2.10 bits per heavy atom. The van der Waals surface area contributed by atoms with Crippen molar-refractivity contribution in [2.75, 3.05) is 0 Å². The molecule has 0 aromatic carbocycles. The third-order valence-electron chi connectivity index (χ3n) is 1.19. The molecule has 0 atom stereocenters. The Labute approximate surface area is 62.8 Å². The zero-order valence-electron chi connectivity index (χ0n) is 6.96. The Bertz CT molecular complexity index is 134. The molecule has 0 amide bonds. The van der Waals surface area contributed by atoms with Gasteiger partial charge in [-0.05, 0) is 6.42 Å². The van der Waals surface area contributed by atoms with E-state index in [1.807, 2.05) is 0 Å². The van der Waals surface area contributed by atoms with Crippen LogP contribution in [0, 0.1) is 5.41 Å². The van der Waals surface area contributed by atoms with Crippen LogP contribution in [-0.4, -0.2) is 6.21 Å². The van der Waals surface area contributed by atoms with Crippen LogP contribution in [0.25, 0.3) is 0 Å². The molecule has 0 spiro atoms. The maximum Gasteiger partial charge on any atom is 0.0334 e. The summed E-state index contributed by atoms with van der Waals surface area (Å²) in [5.74, 6) is 5.02. The predicted molar refractivity (Wildman–Crippen MR) is 45.9 cm³/mol. The van der Waals surface area contributed by atoms with Gasteiger partial charge in [0.1, 0.15) is 0 Å². The van der Waals surface area contributed by atoms with Crippen molar-refractivity contribution in [3.63, 3.8) is 0 Å². The highest BCUT2D eigenvalue weighted by atomic mass is 15.1.